The Morgan fingerprint density at radius 1 is 1.06 bits per heavy atom. The molecule has 3 nitrogen and oxygen atoms in total. The molecular weight excluding hydrogens is 315 g/mol. The van der Waals surface area contributed by atoms with Crippen LogP contribution in [0.25, 0.3) is 11.3 Å². The Bertz CT molecular complexity index is 531. The summed E-state index contributed by atoms with van der Waals surface area (Å²) in [7, 11) is 0. The topological polar surface area (TPSA) is 46.0 Å². The van der Waals surface area contributed by atoms with Gasteiger partial charge in [-0.2, -0.15) is 0 Å². The maximum atomic E-state index is 9.53. The Labute approximate surface area is 110 Å². The zero-order valence-electron chi connectivity index (χ0n) is 7.78. The fourth-order valence-electron chi connectivity index (χ4n) is 1.18. The van der Waals surface area contributed by atoms with Crippen molar-refractivity contribution in [2.45, 2.75) is 0 Å². The van der Waals surface area contributed by atoms with Gasteiger partial charge in [0.2, 0.25) is 0 Å². The largest absolute Gasteiger partial charge is 0.504 e. The van der Waals surface area contributed by atoms with Crippen LogP contribution < -0.4 is 0 Å². The third-order valence-corrected chi connectivity index (χ3v) is 3.11. The lowest BCUT2D eigenvalue weighted by molar-refractivity contribution is 0.471. The fourth-order valence-corrected chi connectivity index (χ4v) is 1.86. The number of aromatic hydroxyl groups is 1. The molecule has 1 aromatic carbocycles. The van der Waals surface area contributed by atoms with Gasteiger partial charge >= 0.3 is 0 Å². The Morgan fingerprint density at radius 2 is 1.69 bits per heavy atom. The first-order valence-electron chi connectivity index (χ1n) is 4.26. The molecule has 16 heavy (non-hydrogen) atoms. The monoisotopic (exact) mass is 318 g/mol. The molecule has 1 heterocycles. The number of hydrogen-bond donors (Lipinski definition) is 1. The van der Waals surface area contributed by atoms with E-state index in [-0.39, 0.29) is 15.9 Å². The lowest BCUT2D eigenvalue weighted by Gasteiger charge is -2.05. The van der Waals surface area contributed by atoms with Gasteiger partial charge in [-0.25, -0.2) is 0 Å². The molecule has 0 aliphatic heterocycles. The van der Waals surface area contributed by atoms with Crippen LogP contribution in [0.15, 0.2) is 28.7 Å². The molecule has 82 valence electrons. The van der Waals surface area contributed by atoms with Crippen LogP contribution in [0, 0.1) is 0 Å². The van der Waals surface area contributed by atoms with E-state index in [0.717, 1.165) is 10.0 Å². The molecule has 0 saturated carbocycles. The predicted octanol–water partition coefficient (Wildman–Crippen LogP) is 3.92. The van der Waals surface area contributed by atoms with Gasteiger partial charge in [0.25, 0.3) is 0 Å². The lowest BCUT2D eigenvalue weighted by Crippen LogP contribution is -1.90. The summed E-state index contributed by atoms with van der Waals surface area (Å²) in [5.74, 6) is -0.253. The highest BCUT2D eigenvalue weighted by Gasteiger charge is 2.13. The molecule has 0 spiro atoms. The normalized spacial score (nSPS) is 10.4. The first-order valence-corrected chi connectivity index (χ1v) is 5.81. The number of nitrogens with zero attached hydrogens (tertiary/aromatic N) is 2. The third kappa shape index (κ3) is 2.14. The van der Waals surface area contributed by atoms with Gasteiger partial charge in [-0.05, 0) is 12.1 Å². The molecule has 0 bridgehead atoms. The van der Waals surface area contributed by atoms with Gasteiger partial charge in [-0.1, -0.05) is 51.3 Å². The van der Waals surface area contributed by atoms with Gasteiger partial charge in [-0.3, -0.25) is 0 Å². The molecule has 0 aliphatic carbocycles. The average Bonchev–Trinajstić information content (AvgIpc) is 2.28. The molecule has 0 saturated heterocycles. The zero-order chi connectivity index (χ0) is 11.7. The van der Waals surface area contributed by atoms with E-state index in [2.05, 4.69) is 26.1 Å². The summed E-state index contributed by atoms with van der Waals surface area (Å²) < 4.78 is 0.943. The third-order valence-electron chi connectivity index (χ3n) is 1.97. The highest BCUT2D eigenvalue weighted by atomic mass is 79.9. The molecule has 0 radical (unpaired) electrons. The van der Waals surface area contributed by atoms with Gasteiger partial charge in [0.05, 0.1) is 0 Å². The molecule has 2 aromatic rings. The quantitative estimate of drug-likeness (QED) is 0.866. The van der Waals surface area contributed by atoms with Crippen LogP contribution in [0.1, 0.15) is 0 Å². The molecule has 0 amide bonds. The molecule has 6 heteroatoms. The van der Waals surface area contributed by atoms with Crippen molar-refractivity contribution in [2.24, 2.45) is 0 Å². The minimum absolute atomic E-state index is 0.0994. The van der Waals surface area contributed by atoms with E-state index >= 15 is 0 Å². The van der Waals surface area contributed by atoms with Gasteiger partial charge < -0.3 is 5.11 Å². The summed E-state index contributed by atoms with van der Waals surface area (Å²) in [5, 5.41) is 17.0. The molecular formula is C10H5BrCl2N2O. The standard InChI is InChI=1S/C10H5BrCl2N2O/c11-6-3-1-5(2-4-6)8-7(12)9(16)10(13)15-14-8/h1-4H,(H,14,16). The first-order chi connectivity index (χ1) is 7.59. The molecule has 1 N–H and O–H groups in total. The average molecular weight is 320 g/mol. The minimum Gasteiger partial charge on any atom is -0.504 e. The summed E-state index contributed by atoms with van der Waals surface area (Å²) in [6.45, 7) is 0. The highest BCUT2D eigenvalue weighted by molar-refractivity contribution is 9.10. The van der Waals surface area contributed by atoms with E-state index in [1.165, 1.54) is 0 Å². The number of benzene rings is 1. The maximum absolute atomic E-state index is 9.53. The van der Waals surface area contributed by atoms with Crippen molar-refractivity contribution in [3.63, 3.8) is 0 Å². The van der Waals surface area contributed by atoms with Gasteiger partial charge in [-0.15, -0.1) is 10.2 Å². The van der Waals surface area contributed by atoms with Crippen LogP contribution >= 0.6 is 39.1 Å². The van der Waals surface area contributed by atoms with E-state index in [9.17, 15) is 5.11 Å². The Balaban J connectivity index is 2.57. The maximum Gasteiger partial charge on any atom is 0.195 e. The second kappa shape index (κ2) is 4.57. The van der Waals surface area contributed by atoms with Crippen LogP contribution in [0.3, 0.4) is 0 Å². The number of hydrogen-bond acceptors (Lipinski definition) is 3. The van der Waals surface area contributed by atoms with Crippen molar-refractivity contribution in [3.05, 3.63) is 38.9 Å². The van der Waals surface area contributed by atoms with E-state index in [1.54, 1.807) is 0 Å². The van der Waals surface area contributed by atoms with Crippen LogP contribution in [-0.2, 0) is 0 Å². The molecule has 0 fully saturated rings. The molecule has 0 atom stereocenters. The highest BCUT2D eigenvalue weighted by Crippen LogP contribution is 2.36. The van der Waals surface area contributed by atoms with E-state index < -0.39 is 0 Å². The van der Waals surface area contributed by atoms with Crippen LogP contribution in [0.2, 0.25) is 10.2 Å². The molecule has 0 unspecified atom stereocenters. The summed E-state index contributed by atoms with van der Waals surface area (Å²) in [4.78, 5) is 0. The van der Waals surface area contributed by atoms with Crippen molar-refractivity contribution in [2.75, 3.05) is 0 Å². The second-order valence-corrected chi connectivity index (χ2v) is 4.66. The fraction of sp³-hybridized carbons (Fsp3) is 0. The molecule has 1 aromatic heterocycles. The van der Waals surface area contributed by atoms with E-state index in [1.807, 2.05) is 24.3 Å². The smallest absolute Gasteiger partial charge is 0.195 e. The number of aromatic nitrogens is 2. The van der Waals surface area contributed by atoms with Gasteiger partial charge in [0.15, 0.2) is 10.9 Å². The van der Waals surface area contributed by atoms with Gasteiger partial charge in [0, 0.05) is 10.0 Å². The van der Waals surface area contributed by atoms with Gasteiger partial charge in [0.1, 0.15) is 10.7 Å². The molecule has 0 aliphatic rings. The van der Waals surface area contributed by atoms with Crippen molar-refractivity contribution >= 4 is 39.1 Å². The Hall–Kier alpha value is -0.840. The summed E-state index contributed by atoms with van der Waals surface area (Å²) in [6, 6.07) is 7.32. The SMILES string of the molecule is Oc1c(Cl)nnc(-c2ccc(Br)cc2)c1Cl. The lowest BCUT2D eigenvalue weighted by atomic mass is 10.1. The summed E-state index contributed by atoms with van der Waals surface area (Å²) in [5.41, 5.74) is 1.16. The Morgan fingerprint density at radius 3 is 2.31 bits per heavy atom. The minimum atomic E-state index is -0.253. The summed E-state index contributed by atoms with van der Waals surface area (Å²) in [6.07, 6.45) is 0. The van der Waals surface area contributed by atoms with Crippen molar-refractivity contribution in [3.8, 4) is 17.0 Å². The number of rotatable bonds is 1. The zero-order valence-corrected chi connectivity index (χ0v) is 10.9. The Kier molecular flexibility index (Phi) is 3.33. The van der Waals surface area contributed by atoms with Crippen LogP contribution in [0.5, 0.6) is 5.75 Å². The van der Waals surface area contributed by atoms with Crippen LogP contribution in [-0.4, -0.2) is 15.3 Å². The molecule has 2 rings (SSSR count). The van der Waals surface area contributed by atoms with E-state index in [0.29, 0.717) is 5.69 Å². The van der Waals surface area contributed by atoms with Crippen molar-refractivity contribution in [1.29, 1.82) is 0 Å². The second-order valence-electron chi connectivity index (χ2n) is 3.01. The summed E-state index contributed by atoms with van der Waals surface area (Å²) >= 11 is 14.8. The van der Waals surface area contributed by atoms with Crippen molar-refractivity contribution < 1.29 is 5.11 Å². The first kappa shape index (κ1) is 11.6. The van der Waals surface area contributed by atoms with E-state index in [4.69, 9.17) is 23.2 Å². The van der Waals surface area contributed by atoms with Crippen LogP contribution in [0.4, 0.5) is 0 Å². The van der Waals surface area contributed by atoms with Crippen molar-refractivity contribution in [1.82, 2.24) is 10.2 Å². The number of halogens is 3. The predicted molar refractivity (Wildman–Crippen MR) is 66.9 cm³/mol.